The van der Waals surface area contributed by atoms with Crippen LogP contribution in [0.4, 0.5) is 39.5 Å². The monoisotopic (exact) mass is 751 g/mol. The molecule has 19 heteroatoms. The fourth-order valence-corrected chi connectivity index (χ4v) is 8.09. The van der Waals surface area contributed by atoms with Crippen LogP contribution < -0.4 is 0 Å². The molecule has 1 aliphatic heterocycles. The molecule has 1 saturated heterocycles. The number of aliphatic hydroxyl groups is 1. The van der Waals surface area contributed by atoms with Crippen molar-refractivity contribution in [2.24, 2.45) is 0 Å². The van der Waals surface area contributed by atoms with Gasteiger partial charge in [0.1, 0.15) is 28.4 Å². The topological polar surface area (TPSA) is 133 Å². The van der Waals surface area contributed by atoms with E-state index in [4.69, 9.17) is 0 Å². The number of aromatic nitrogens is 2. The average Bonchev–Trinajstić information content (AvgIpc) is 3.49. The van der Waals surface area contributed by atoms with E-state index in [1.54, 1.807) is 0 Å². The molecule has 0 radical (unpaired) electrons. The molecule has 3 N–H and O–H groups in total. The molecule has 0 saturated carbocycles. The second-order valence-corrected chi connectivity index (χ2v) is 13.9. The smallest absolute Gasteiger partial charge is 0.430 e. The van der Waals surface area contributed by atoms with E-state index in [9.17, 15) is 63.3 Å². The molecule has 2 atom stereocenters. The summed E-state index contributed by atoms with van der Waals surface area (Å²) >= 11 is 0. The lowest BCUT2D eigenvalue weighted by Gasteiger charge is -2.38. The zero-order valence-corrected chi connectivity index (χ0v) is 26.6. The van der Waals surface area contributed by atoms with Gasteiger partial charge in [0.2, 0.25) is 5.88 Å². The molecule has 0 bridgehead atoms. The molecule has 1 aliphatic rings. The molecule has 1 unspecified atom stereocenters. The minimum absolute atomic E-state index is 0.0679. The summed E-state index contributed by atoms with van der Waals surface area (Å²) in [7, 11) is -4.67. The summed E-state index contributed by atoms with van der Waals surface area (Å²) in [4.78, 5) is 7.71. The van der Waals surface area contributed by atoms with Crippen molar-refractivity contribution in [2.45, 2.75) is 53.3 Å². The maximum atomic E-state index is 14.5. The van der Waals surface area contributed by atoms with Gasteiger partial charge >= 0.3 is 18.4 Å². The fraction of sp³-hybridized carbons (Fsp3) is 0.312. The van der Waals surface area contributed by atoms with Gasteiger partial charge in [-0.2, -0.15) is 31.3 Å². The molecule has 0 spiro atoms. The van der Waals surface area contributed by atoms with Crippen LogP contribution in [0, 0.1) is 17.5 Å². The predicted molar refractivity (Wildman–Crippen MR) is 158 cm³/mol. The van der Waals surface area contributed by atoms with Gasteiger partial charge in [-0.3, -0.25) is 4.90 Å². The van der Waals surface area contributed by atoms with Gasteiger partial charge in [-0.15, -0.1) is 0 Å². The minimum Gasteiger partial charge on any atom is -0.493 e. The third kappa shape index (κ3) is 6.94. The molecule has 51 heavy (non-hydrogen) atoms. The highest BCUT2D eigenvalue weighted by atomic mass is 32.2. The number of likely N-dealkylation sites (tertiary alicyclic amines) is 1. The maximum Gasteiger partial charge on any atom is 0.430 e. The lowest BCUT2D eigenvalue weighted by molar-refractivity contribution is -0.392. The summed E-state index contributed by atoms with van der Waals surface area (Å²) in [5, 5.41) is 30.2. The number of rotatable bonds is 10. The summed E-state index contributed by atoms with van der Waals surface area (Å²) in [6.07, 6.45) is -14.8. The van der Waals surface area contributed by atoms with Crippen molar-refractivity contribution in [3.63, 3.8) is 0 Å². The van der Waals surface area contributed by atoms with Gasteiger partial charge in [-0.1, -0.05) is 30.3 Å². The van der Waals surface area contributed by atoms with Gasteiger partial charge in [0.05, 0.1) is 17.2 Å². The van der Waals surface area contributed by atoms with Crippen molar-refractivity contribution in [1.29, 1.82) is 0 Å². The van der Waals surface area contributed by atoms with Crippen LogP contribution in [0.15, 0.2) is 77.7 Å². The summed E-state index contributed by atoms with van der Waals surface area (Å²) in [6.45, 7) is -2.60. The molecule has 2 heterocycles. The summed E-state index contributed by atoms with van der Waals surface area (Å²) < 4.78 is 160. The van der Waals surface area contributed by atoms with Crippen LogP contribution in [0.5, 0.6) is 11.9 Å². The second-order valence-electron chi connectivity index (χ2n) is 11.6. The van der Waals surface area contributed by atoms with Gasteiger partial charge in [0.25, 0.3) is 5.60 Å². The van der Waals surface area contributed by atoms with Crippen LogP contribution >= 0.6 is 0 Å². The molecule has 1 aromatic heterocycles. The Morgan fingerprint density at radius 1 is 0.863 bits per heavy atom. The first kappa shape index (κ1) is 37.8. The maximum absolute atomic E-state index is 14.5. The first-order valence-electron chi connectivity index (χ1n) is 14.7. The summed E-state index contributed by atoms with van der Waals surface area (Å²) in [5.41, 5.74) is -8.31. The van der Waals surface area contributed by atoms with E-state index in [1.165, 1.54) is 4.90 Å². The largest absolute Gasteiger partial charge is 0.493 e. The number of nitrogens with zero attached hydrogens (tertiary/aromatic N) is 3. The van der Waals surface area contributed by atoms with Gasteiger partial charge in [-0.25, -0.2) is 26.6 Å². The van der Waals surface area contributed by atoms with Crippen LogP contribution in [-0.2, 0) is 37.9 Å². The number of aliphatic hydroxyl groups excluding tert-OH is 1. The van der Waals surface area contributed by atoms with Crippen LogP contribution in [0.25, 0.3) is 0 Å². The average molecular weight is 752 g/mol. The number of ether oxygens (including phenoxy) is 1. The molecule has 274 valence electrons. The summed E-state index contributed by atoms with van der Waals surface area (Å²) in [5.74, 6) is -4.37. The van der Waals surface area contributed by atoms with Crippen molar-refractivity contribution < 1.29 is 68.0 Å². The molecule has 9 nitrogen and oxygen atoms in total. The lowest BCUT2D eigenvalue weighted by Crippen LogP contribution is -2.56. The van der Waals surface area contributed by atoms with Crippen LogP contribution in [0.3, 0.4) is 0 Å². The van der Waals surface area contributed by atoms with Crippen molar-refractivity contribution in [1.82, 2.24) is 14.9 Å². The normalized spacial score (nSPS) is 18.2. The molecule has 0 aliphatic carbocycles. The Kier molecular flexibility index (Phi) is 10.1. The zero-order valence-electron chi connectivity index (χ0n) is 25.8. The number of sulfone groups is 1. The fourth-order valence-electron chi connectivity index (χ4n) is 6.00. The number of halogens is 9. The molecule has 4 aromatic rings. The zero-order chi connectivity index (χ0) is 37.6. The van der Waals surface area contributed by atoms with Gasteiger partial charge < -0.3 is 20.1 Å². The quantitative estimate of drug-likeness (QED) is 0.136. The van der Waals surface area contributed by atoms with Crippen molar-refractivity contribution in [3.8, 4) is 11.9 Å². The van der Waals surface area contributed by atoms with Crippen molar-refractivity contribution in [2.75, 3.05) is 13.1 Å². The Morgan fingerprint density at radius 3 is 2.00 bits per heavy atom. The highest BCUT2D eigenvalue weighted by Crippen LogP contribution is 2.54. The highest BCUT2D eigenvalue weighted by molar-refractivity contribution is 7.92. The number of hydrogen-bond donors (Lipinski definition) is 3. The molecular formula is C32H26F9N3O6S. The standard InChI is InChI=1S/C32H26F9N3O6S/c33-20-8-10-22(11-9-20)51(48,49)29(12-13-44(17-29)27(46)15-21-14-26(45)43-28(47)42-21)18-4-6-19(7-5-18)30(31(36,37)38,32(39,40)41)50-16-23-24(34)2-1-3-25(23)35/h1-11,14,27,46H,12-13,15-17H2,(H2,42,43,45,47)/t27?,29-/m0/s1. The van der Waals surface area contributed by atoms with Crippen molar-refractivity contribution >= 4 is 9.84 Å². The number of alkyl halides is 6. The van der Waals surface area contributed by atoms with Crippen molar-refractivity contribution in [3.05, 3.63) is 113 Å². The Labute approximate surface area is 283 Å². The van der Waals surface area contributed by atoms with Gasteiger partial charge in [0, 0.05) is 36.7 Å². The number of aromatic hydroxyl groups is 2. The molecule has 5 rings (SSSR count). The van der Waals surface area contributed by atoms with E-state index in [1.807, 2.05) is 0 Å². The molecule has 0 amide bonds. The van der Waals surface area contributed by atoms with E-state index in [0.29, 0.717) is 36.4 Å². The Hall–Kier alpha value is -4.46. The summed E-state index contributed by atoms with van der Waals surface area (Å²) in [6, 6.07) is 7.82. The van der Waals surface area contributed by atoms with Gasteiger partial charge in [0.15, 0.2) is 9.84 Å². The van der Waals surface area contributed by atoms with Gasteiger partial charge in [-0.05, 0) is 48.4 Å². The third-order valence-corrected chi connectivity index (χ3v) is 11.1. The van der Waals surface area contributed by atoms with E-state index < -0.39 is 104 Å². The first-order chi connectivity index (χ1) is 23.7. The van der Waals surface area contributed by atoms with E-state index >= 15 is 0 Å². The second kappa shape index (κ2) is 13.6. The molecule has 3 aromatic carbocycles. The number of benzene rings is 3. The molecular weight excluding hydrogens is 725 g/mol. The molecule has 1 fully saturated rings. The van der Waals surface area contributed by atoms with E-state index in [-0.39, 0.29) is 24.2 Å². The SMILES string of the molecule is O=S(=O)(c1ccc(F)cc1)[C@@]1(c2ccc(C(OCc3c(F)cccc3F)(C(F)(F)F)C(F)(F)F)cc2)CCN(C(O)Cc2cc(O)nc(O)n2)C1. The van der Waals surface area contributed by atoms with E-state index in [2.05, 4.69) is 14.7 Å². The highest BCUT2D eigenvalue weighted by Gasteiger charge is 2.73. The van der Waals surface area contributed by atoms with E-state index in [0.717, 1.165) is 36.4 Å². The Balaban J connectivity index is 1.58. The minimum atomic E-state index is -6.26. The third-order valence-electron chi connectivity index (χ3n) is 8.58. The van der Waals surface area contributed by atoms with Crippen LogP contribution in [-0.4, -0.2) is 70.3 Å². The Morgan fingerprint density at radius 2 is 1.45 bits per heavy atom. The predicted octanol–water partition coefficient (Wildman–Crippen LogP) is 5.78. The first-order valence-corrected chi connectivity index (χ1v) is 16.2. The Bertz CT molecular complexity index is 1940. The van der Waals surface area contributed by atoms with Crippen LogP contribution in [0.1, 0.15) is 28.8 Å². The van der Waals surface area contributed by atoms with Crippen LogP contribution in [0.2, 0.25) is 0 Å². The lowest BCUT2D eigenvalue weighted by atomic mass is 9.88. The number of hydrogen-bond acceptors (Lipinski definition) is 9.